The fourth-order valence-electron chi connectivity index (χ4n) is 5.06. The molecule has 0 saturated carbocycles. The number of pyridine rings is 2. The number of methoxy groups -OCH3 is 1. The first-order chi connectivity index (χ1) is 18.9. The van der Waals surface area contributed by atoms with Crippen molar-refractivity contribution < 1.29 is 4.74 Å². The molecule has 1 fully saturated rings. The number of halogens is 1. The van der Waals surface area contributed by atoms with Crippen LogP contribution in [0.15, 0.2) is 36.8 Å². The SMILES string of the molecule is COc1c(C)cnc(Cn2cc(C#CCCCN3CCN(c4ccccn4)CC3)c3c(Cl)nc(N)nc32)c1C. The van der Waals surface area contributed by atoms with Gasteiger partial charge in [-0.2, -0.15) is 4.98 Å². The molecule has 9 nitrogen and oxygen atoms in total. The number of unbranched alkanes of at least 4 members (excludes halogenated alkanes) is 1. The highest BCUT2D eigenvalue weighted by Crippen LogP contribution is 2.29. The van der Waals surface area contributed by atoms with Crippen LogP contribution in [0.4, 0.5) is 11.8 Å². The molecule has 0 aliphatic carbocycles. The Labute approximate surface area is 234 Å². The van der Waals surface area contributed by atoms with E-state index in [2.05, 4.69) is 47.6 Å². The Hall–Kier alpha value is -3.87. The van der Waals surface area contributed by atoms with E-state index in [9.17, 15) is 0 Å². The molecule has 5 rings (SSSR count). The summed E-state index contributed by atoms with van der Waals surface area (Å²) in [6, 6.07) is 6.06. The molecule has 10 heteroatoms. The first kappa shape index (κ1) is 26.7. The Morgan fingerprint density at radius 3 is 2.67 bits per heavy atom. The van der Waals surface area contributed by atoms with Crippen LogP contribution in [0.5, 0.6) is 5.75 Å². The molecule has 1 aliphatic rings. The normalized spacial score (nSPS) is 13.9. The molecule has 0 unspecified atom stereocenters. The molecule has 0 bridgehead atoms. The Morgan fingerprint density at radius 2 is 1.92 bits per heavy atom. The summed E-state index contributed by atoms with van der Waals surface area (Å²) >= 11 is 6.52. The largest absolute Gasteiger partial charge is 0.496 e. The first-order valence-electron chi connectivity index (χ1n) is 13.1. The Balaban J connectivity index is 1.26. The fourth-order valence-corrected chi connectivity index (χ4v) is 5.33. The molecule has 4 aromatic rings. The molecule has 0 radical (unpaired) electrons. The number of aryl methyl sites for hydroxylation is 1. The lowest BCUT2D eigenvalue weighted by atomic mass is 10.1. The smallest absolute Gasteiger partial charge is 0.223 e. The zero-order valence-electron chi connectivity index (χ0n) is 22.6. The molecular weight excluding hydrogens is 512 g/mol. The number of hydrogen-bond donors (Lipinski definition) is 1. The van der Waals surface area contributed by atoms with Gasteiger partial charge in [0.1, 0.15) is 22.4 Å². The van der Waals surface area contributed by atoms with E-state index in [1.54, 1.807) is 7.11 Å². The first-order valence-corrected chi connectivity index (χ1v) is 13.5. The molecule has 0 aromatic carbocycles. The van der Waals surface area contributed by atoms with Gasteiger partial charge in [0.2, 0.25) is 5.95 Å². The number of hydrogen-bond acceptors (Lipinski definition) is 8. The maximum absolute atomic E-state index is 6.52. The molecule has 2 N–H and O–H groups in total. The highest BCUT2D eigenvalue weighted by molar-refractivity contribution is 6.34. The van der Waals surface area contributed by atoms with E-state index in [4.69, 9.17) is 22.1 Å². The summed E-state index contributed by atoms with van der Waals surface area (Å²) in [4.78, 5) is 22.6. The summed E-state index contributed by atoms with van der Waals surface area (Å²) in [6.45, 7) is 9.54. The molecule has 1 saturated heterocycles. The van der Waals surface area contributed by atoms with Gasteiger partial charge in [0.15, 0.2) is 0 Å². The van der Waals surface area contributed by atoms with Crippen molar-refractivity contribution in [2.75, 3.05) is 50.5 Å². The van der Waals surface area contributed by atoms with E-state index in [-0.39, 0.29) is 5.95 Å². The van der Waals surface area contributed by atoms with Crippen molar-refractivity contribution in [3.8, 4) is 17.6 Å². The average molecular weight is 545 g/mol. The third-order valence-electron chi connectivity index (χ3n) is 7.10. The standard InChI is InChI=1S/C29H33ClN8O/c1-20-17-33-23(21(2)26(20)39-3)19-38-18-22(25-27(30)34-29(31)35-28(25)38)9-5-4-8-12-36-13-15-37(16-14-36)24-10-6-7-11-32-24/h6-7,10-11,17-18H,4,8,12-16,19H2,1-3H3,(H2,31,34,35). The van der Waals surface area contributed by atoms with E-state index >= 15 is 0 Å². The zero-order chi connectivity index (χ0) is 27.4. The maximum atomic E-state index is 6.52. The molecule has 1 aliphatic heterocycles. The Bertz CT molecular complexity index is 1520. The van der Waals surface area contributed by atoms with Crippen LogP contribution < -0.4 is 15.4 Å². The van der Waals surface area contributed by atoms with E-state index in [1.165, 1.54) is 0 Å². The van der Waals surface area contributed by atoms with Crippen LogP contribution in [0.25, 0.3) is 11.0 Å². The zero-order valence-corrected chi connectivity index (χ0v) is 23.4. The highest BCUT2D eigenvalue weighted by atomic mass is 35.5. The summed E-state index contributed by atoms with van der Waals surface area (Å²) < 4.78 is 7.56. The van der Waals surface area contributed by atoms with Gasteiger partial charge in [0.25, 0.3) is 0 Å². The van der Waals surface area contributed by atoms with E-state index < -0.39 is 0 Å². The minimum atomic E-state index is 0.126. The van der Waals surface area contributed by atoms with E-state index in [0.29, 0.717) is 22.7 Å². The van der Waals surface area contributed by atoms with Crippen molar-refractivity contribution >= 4 is 34.4 Å². The predicted molar refractivity (Wildman–Crippen MR) is 155 cm³/mol. The lowest BCUT2D eigenvalue weighted by Gasteiger charge is -2.35. The van der Waals surface area contributed by atoms with Crippen LogP contribution in [0.1, 0.15) is 35.2 Å². The molecule has 0 spiro atoms. The lowest BCUT2D eigenvalue weighted by Crippen LogP contribution is -2.46. The monoisotopic (exact) mass is 544 g/mol. The van der Waals surface area contributed by atoms with Gasteiger partial charge in [-0.15, -0.1) is 0 Å². The molecule has 39 heavy (non-hydrogen) atoms. The van der Waals surface area contributed by atoms with Gasteiger partial charge < -0.3 is 19.9 Å². The summed E-state index contributed by atoms with van der Waals surface area (Å²) in [5.41, 5.74) is 10.2. The molecule has 202 valence electrons. The number of piperazine rings is 1. The number of rotatable bonds is 7. The third-order valence-corrected chi connectivity index (χ3v) is 7.38. The van der Waals surface area contributed by atoms with Crippen LogP contribution in [-0.4, -0.2) is 69.2 Å². The number of anilines is 2. The third kappa shape index (κ3) is 5.92. The lowest BCUT2D eigenvalue weighted by molar-refractivity contribution is 0.255. The van der Waals surface area contributed by atoms with Crippen molar-refractivity contribution in [1.29, 1.82) is 0 Å². The topological polar surface area (TPSA) is 98.2 Å². The van der Waals surface area contributed by atoms with Crippen molar-refractivity contribution in [2.24, 2.45) is 0 Å². The Morgan fingerprint density at radius 1 is 1.10 bits per heavy atom. The number of ether oxygens (including phenoxy) is 1. The number of nitrogen functional groups attached to an aromatic ring is 1. The number of nitrogens with zero attached hydrogens (tertiary/aromatic N) is 7. The maximum Gasteiger partial charge on any atom is 0.223 e. The second kappa shape index (κ2) is 11.9. The second-order valence-electron chi connectivity index (χ2n) is 9.71. The van der Waals surface area contributed by atoms with E-state index in [0.717, 1.165) is 79.5 Å². The molecule has 0 amide bonds. The Kier molecular flexibility index (Phi) is 8.15. The van der Waals surface area contributed by atoms with E-state index in [1.807, 2.05) is 49.1 Å². The van der Waals surface area contributed by atoms with Crippen molar-refractivity contribution in [1.82, 2.24) is 29.4 Å². The molecule has 0 atom stereocenters. The second-order valence-corrected chi connectivity index (χ2v) is 10.1. The van der Waals surface area contributed by atoms with Crippen molar-refractivity contribution in [2.45, 2.75) is 33.2 Å². The molecular formula is C29H33ClN8O. The predicted octanol–water partition coefficient (Wildman–Crippen LogP) is 4.08. The van der Waals surface area contributed by atoms with Gasteiger partial charge >= 0.3 is 0 Å². The number of fused-ring (bicyclic) bond motifs is 1. The number of nitrogens with two attached hydrogens (primary N) is 1. The quantitative estimate of drug-likeness (QED) is 0.211. The molecule has 5 heterocycles. The summed E-state index contributed by atoms with van der Waals surface area (Å²) in [6.07, 6.45) is 7.42. The van der Waals surface area contributed by atoms with Gasteiger partial charge in [-0.1, -0.05) is 29.5 Å². The minimum Gasteiger partial charge on any atom is -0.496 e. The van der Waals surface area contributed by atoms with Gasteiger partial charge in [0, 0.05) is 62.3 Å². The molecule has 4 aromatic heterocycles. The van der Waals surface area contributed by atoms with Crippen molar-refractivity contribution in [3.05, 3.63) is 64.3 Å². The van der Waals surface area contributed by atoms with Crippen LogP contribution >= 0.6 is 11.6 Å². The van der Waals surface area contributed by atoms with Gasteiger partial charge in [-0.05, 0) is 38.9 Å². The van der Waals surface area contributed by atoms with Crippen LogP contribution in [0.2, 0.25) is 5.15 Å². The summed E-state index contributed by atoms with van der Waals surface area (Å²) in [7, 11) is 1.67. The van der Waals surface area contributed by atoms with Crippen LogP contribution in [0, 0.1) is 25.7 Å². The van der Waals surface area contributed by atoms with Crippen molar-refractivity contribution in [3.63, 3.8) is 0 Å². The average Bonchev–Trinajstić information content (AvgIpc) is 3.28. The van der Waals surface area contributed by atoms with Crippen LogP contribution in [0.3, 0.4) is 0 Å². The summed E-state index contributed by atoms with van der Waals surface area (Å²) in [5.74, 6) is 8.66. The number of aromatic nitrogens is 5. The fraction of sp³-hybridized carbons (Fsp3) is 0.379. The highest BCUT2D eigenvalue weighted by Gasteiger charge is 2.18. The van der Waals surface area contributed by atoms with Gasteiger partial charge in [-0.3, -0.25) is 9.88 Å². The van der Waals surface area contributed by atoms with Crippen LogP contribution in [-0.2, 0) is 6.54 Å². The summed E-state index contributed by atoms with van der Waals surface area (Å²) in [5, 5.41) is 1.01. The van der Waals surface area contributed by atoms with Gasteiger partial charge in [-0.25, -0.2) is 9.97 Å². The van der Waals surface area contributed by atoms with Gasteiger partial charge in [0.05, 0.1) is 30.3 Å². The minimum absolute atomic E-state index is 0.126.